The van der Waals surface area contributed by atoms with E-state index in [0.29, 0.717) is 5.56 Å². The van der Waals surface area contributed by atoms with Crippen molar-refractivity contribution in [2.75, 3.05) is 11.9 Å². The minimum atomic E-state index is -4.99. The van der Waals surface area contributed by atoms with Crippen molar-refractivity contribution in [2.24, 2.45) is 0 Å². The highest BCUT2D eigenvalue weighted by Gasteiger charge is 2.38. The van der Waals surface area contributed by atoms with Crippen LogP contribution in [0.25, 0.3) is 0 Å². The molecule has 4 aromatic carbocycles. The number of halogens is 8. The molecule has 0 aliphatic rings. The molecule has 4 aromatic rings. The lowest BCUT2D eigenvalue weighted by molar-refractivity contribution is -0.275. The summed E-state index contributed by atoms with van der Waals surface area (Å²) in [6, 6.07) is 21.9. The number of benzene rings is 4. The molecule has 1 N–H and O–H groups in total. The van der Waals surface area contributed by atoms with Crippen LogP contribution < -0.4 is 14.8 Å². The first kappa shape index (κ1) is 28.7. The Bertz CT molecular complexity index is 1380. The van der Waals surface area contributed by atoms with Crippen LogP contribution in [0.1, 0.15) is 16.7 Å². The van der Waals surface area contributed by atoms with Gasteiger partial charge in [-0.05, 0) is 65.6 Å². The maximum absolute atomic E-state index is 14.0. The van der Waals surface area contributed by atoms with E-state index in [-0.39, 0.29) is 29.8 Å². The first-order valence-electron chi connectivity index (χ1n) is 11.8. The summed E-state index contributed by atoms with van der Waals surface area (Å²) in [4.78, 5) is 0. The van der Waals surface area contributed by atoms with Crippen molar-refractivity contribution in [1.29, 1.82) is 0 Å². The summed E-state index contributed by atoms with van der Waals surface area (Å²) in [6.07, 6.45) is -9.91. The quantitative estimate of drug-likeness (QED) is 0.206. The maximum Gasteiger partial charge on any atom is 0.573 e. The molecule has 0 saturated carbocycles. The van der Waals surface area contributed by atoms with Gasteiger partial charge in [-0.25, -0.2) is 8.78 Å². The summed E-state index contributed by atoms with van der Waals surface area (Å²) in [5, 5.41) is 2.97. The number of nitrogens with one attached hydrogen (secondary N) is 1. The minimum Gasteiger partial charge on any atom is -0.406 e. The Morgan fingerprint density at radius 2 is 1.12 bits per heavy atom. The van der Waals surface area contributed by atoms with Crippen LogP contribution in [-0.4, -0.2) is 19.3 Å². The molecular weight excluding hydrogens is 546 g/mol. The Morgan fingerprint density at radius 3 is 1.62 bits per heavy atom. The second-order valence-corrected chi connectivity index (χ2v) is 8.88. The van der Waals surface area contributed by atoms with Gasteiger partial charge in [-0.1, -0.05) is 54.6 Å². The zero-order chi connectivity index (χ0) is 29.0. The second-order valence-electron chi connectivity index (χ2n) is 8.88. The summed E-state index contributed by atoms with van der Waals surface area (Å²) in [5.41, 5.74) is -0.0300. The number of hydrogen-bond acceptors (Lipinski definition) is 3. The van der Waals surface area contributed by atoms with Crippen LogP contribution >= 0.6 is 0 Å². The number of hydrogen-bond donors (Lipinski definition) is 1. The Balaban J connectivity index is 1.90. The highest BCUT2D eigenvalue weighted by atomic mass is 19.4. The van der Waals surface area contributed by atoms with Gasteiger partial charge >= 0.3 is 12.7 Å². The van der Waals surface area contributed by atoms with Crippen LogP contribution in [0.4, 0.5) is 40.8 Å². The molecule has 40 heavy (non-hydrogen) atoms. The van der Waals surface area contributed by atoms with Crippen LogP contribution in [-0.2, 0) is 11.8 Å². The Morgan fingerprint density at radius 1 is 0.575 bits per heavy atom. The highest BCUT2D eigenvalue weighted by molar-refractivity contribution is 5.51. The standard InChI is InChI=1S/C29H21F8NO2/c30-25-13-12-22(16-26(25)31)38-18-27(17-19-6-2-1-3-7-19,20-8-4-10-23(14-20)39-28(32,33)34)21-9-5-11-24(15-21)40-29(35,36)37/h1-16,38H,17-18H2. The SMILES string of the molecule is Fc1ccc(NCC(Cc2ccccc2)(c2cccc(OC(F)(F)F)c2)c2cccc(OC(F)(F)F)c2)cc1F. The van der Waals surface area contributed by atoms with E-state index in [1.54, 1.807) is 30.3 Å². The maximum atomic E-state index is 14.0. The van der Waals surface area contributed by atoms with Crippen molar-refractivity contribution in [3.05, 3.63) is 125 Å². The summed E-state index contributed by atoms with van der Waals surface area (Å²) in [6.45, 7) is -0.155. The van der Waals surface area contributed by atoms with Gasteiger partial charge in [0.2, 0.25) is 0 Å². The van der Waals surface area contributed by atoms with Crippen LogP contribution in [0.5, 0.6) is 11.5 Å². The topological polar surface area (TPSA) is 30.5 Å². The number of rotatable bonds is 9. The molecule has 0 aliphatic carbocycles. The molecular formula is C29H21F8NO2. The zero-order valence-corrected chi connectivity index (χ0v) is 20.5. The lowest BCUT2D eigenvalue weighted by Gasteiger charge is -2.36. The molecule has 0 spiro atoms. The predicted octanol–water partition coefficient (Wildman–Crippen LogP) is 8.40. The average Bonchev–Trinajstić information content (AvgIpc) is 2.87. The lowest BCUT2D eigenvalue weighted by atomic mass is 9.70. The van der Waals surface area contributed by atoms with Gasteiger partial charge in [0.15, 0.2) is 11.6 Å². The third-order valence-electron chi connectivity index (χ3n) is 6.10. The van der Waals surface area contributed by atoms with Gasteiger partial charge in [0.1, 0.15) is 11.5 Å². The summed E-state index contributed by atoms with van der Waals surface area (Å²) >= 11 is 0. The van der Waals surface area contributed by atoms with Gasteiger partial charge in [-0.2, -0.15) is 0 Å². The molecule has 0 amide bonds. The molecule has 0 atom stereocenters. The first-order chi connectivity index (χ1) is 18.8. The molecule has 210 valence electrons. The normalized spacial score (nSPS) is 12.2. The van der Waals surface area contributed by atoms with E-state index in [0.717, 1.165) is 36.4 Å². The number of ether oxygens (including phenoxy) is 2. The third kappa shape index (κ3) is 7.43. The van der Waals surface area contributed by atoms with Crippen LogP contribution in [0.3, 0.4) is 0 Å². The molecule has 3 nitrogen and oxygen atoms in total. The zero-order valence-electron chi connectivity index (χ0n) is 20.5. The van der Waals surface area contributed by atoms with Gasteiger partial charge in [0.05, 0.1) is 0 Å². The van der Waals surface area contributed by atoms with Gasteiger partial charge in [-0.3, -0.25) is 0 Å². The Kier molecular flexibility index (Phi) is 8.22. The third-order valence-corrected chi connectivity index (χ3v) is 6.10. The van der Waals surface area contributed by atoms with Crippen LogP contribution in [0.2, 0.25) is 0 Å². The van der Waals surface area contributed by atoms with Crippen molar-refractivity contribution in [1.82, 2.24) is 0 Å². The summed E-state index contributed by atoms with van der Waals surface area (Å²) in [5.74, 6) is -3.31. The largest absolute Gasteiger partial charge is 0.573 e. The fraction of sp³-hybridized carbons (Fsp3) is 0.172. The van der Waals surface area contributed by atoms with Gasteiger partial charge < -0.3 is 14.8 Å². The predicted molar refractivity (Wildman–Crippen MR) is 132 cm³/mol. The van der Waals surface area contributed by atoms with Crippen molar-refractivity contribution in [2.45, 2.75) is 24.6 Å². The monoisotopic (exact) mass is 567 g/mol. The first-order valence-corrected chi connectivity index (χ1v) is 11.8. The van der Waals surface area contributed by atoms with Gasteiger partial charge in [0.25, 0.3) is 0 Å². The molecule has 0 radical (unpaired) electrons. The lowest BCUT2D eigenvalue weighted by Crippen LogP contribution is -2.38. The van der Waals surface area contributed by atoms with Crippen molar-refractivity contribution >= 4 is 5.69 Å². The molecule has 0 heterocycles. The van der Waals surface area contributed by atoms with E-state index in [9.17, 15) is 35.1 Å². The minimum absolute atomic E-state index is 0.0788. The summed E-state index contributed by atoms with van der Waals surface area (Å²) < 4.78 is 114. The second kappa shape index (κ2) is 11.4. The van der Waals surface area contributed by atoms with Crippen molar-refractivity contribution in [3.63, 3.8) is 0 Å². The Labute approximate surface area is 224 Å². The van der Waals surface area contributed by atoms with Crippen LogP contribution in [0.15, 0.2) is 97.1 Å². The fourth-order valence-electron chi connectivity index (χ4n) is 4.42. The van der Waals surface area contributed by atoms with Crippen molar-refractivity contribution in [3.8, 4) is 11.5 Å². The smallest absolute Gasteiger partial charge is 0.406 e. The highest BCUT2D eigenvalue weighted by Crippen LogP contribution is 2.40. The molecule has 0 unspecified atom stereocenters. The van der Waals surface area contributed by atoms with Gasteiger partial charge in [0, 0.05) is 17.6 Å². The molecule has 11 heteroatoms. The van der Waals surface area contributed by atoms with E-state index >= 15 is 0 Å². The van der Waals surface area contributed by atoms with E-state index in [4.69, 9.17) is 0 Å². The van der Waals surface area contributed by atoms with Gasteiger partial charge in [-0.15, -0.1) is 26.3 Å². The Hall–Kier alpha value is -4.28. The molecule has 0 aliphatic heterocycles. The van der Waals surface area contributed by atoms with Crippen LogP contribution in [0, 0.1) is 11.6 Å². The van der Waals surface area contributed by atoms with E-state index < -0.39 is 41.3 Å². The molecule has 0 aromatic heterocycles. The van der Waals surface area contributed by atoms with E-state index in [1.165, 1.54) is 30.3 Å². The number of alkyl halides is 6. The molecule has 4 rings (SSSR count). The van der Waals surface area contributed by atoms with E-state index in [2.05, 4.69) is 14.8 Å². The van der Waals surface area contributed by atoms with Crippen molar-refractivity contribution < 1.29 is 44.6 Å². The van der Waals surface area contributed by atoms with E-state index in [1.807, 2.05) is 0 Å². The summed E-state index contributed by atoms with van der Waals surface area (Å²) in [7, 11) is 0. The molecule has 0 fully saturated rings. The average molecular weight is 567 g/mol. The molecule has 0 saturated heterocycles. The fourth-order valence-corrected chi connectivity index (χ4v) is 4.42. The molecule has 0 bridgehead atoms. The number of anilines is 1.